The number of rotatable bonds is 6. The summed E-state index contributed by atoms with van der Waals surface area (Å²) in [6.45, 7) is 2.70. The van der Waals surface area contributed by atoms with Gasteiger partial charge in [0.25, 0.3) is 5.91 Å². The molecule has 3 aromatic rings. The number of carbonyl (C=O) groups is 1. The molecule has 0 fully saturated rings. The molecule has 5 heteroatoms. The second-order valence-corrected chi connectivity index (χ2v) is 6.48. The van der Waals surface area contributed by atoms with Crippen LogP contribution in [0.1, 0.15) is 22.3 Å². The molecule has 1 aliphatic heterocycles. The van der Waals surface area contributed by atoms with Crippen molar-refractivity contribution in [3.63, 3.8) is 0 Å². The standard InChI is InChI=1S/C21H22N4O/c26-21(18-7-3-8-19(16-18)25-14-5-12-23-25)22-11-4-13-24-15-10-17-6-1-2-9-20(17)24/h1-3,5-9,12,14,16H,4,10-11,13,15H2,(H,22,26). The Labute approximate surface area is 153 Å². The van der Waals surface area contributed by atoms with Gasteiger partial charge in [-0.05, 0) is 48.7 Å². The first-order chi connectivity index (χ1) is 12.8. The molecule has 1 amide bonds. The summed E-state index contributed by atoms with van der Waals surface area (Å²) in [5.74, 6) is -0.0409. The lowest BCUT2D eigenvalue weighted by atomic mass is 10.2. The Hall–Kier alpha value is -3.08. The van der Waals surface area contributed by atoms with Crippen molar-refractivity contribution in [3.8, 4) is 5.69 Å². The number of nitrogens with zero attached hydrogens (tertiary/aromatic N) is 3. The van der Waals surface area contributed by atoms with Crippen molar-refractivity contribution in [2.45, 2.75) is 12.8 Å². The first kappa shape index (κ1) is 16.4. The molecule has 1 aliphatic rings. The number of carbonyl (C=O) groups excluding carboxylic acids is 1. The minimum atomic E-state index is -0.0409. The first-order valence-corrected chi connectivity index (χ1v) is 9.02. The molecule has 0 aliphatic carbocycles. The summed E-state index contributed by atoms with van der Waals surface area (Å²) in [5, 5.41) is 7.23. The van der Waals surface area contributed by atoms with Crippen molar-refractivity contribution in [3.05, 3.63) is 78.1 Å². The summed E-state index contributed by atoms with van der Waals surface area (Å²) < 4.78 is 1.75. The molecule has 0 bridgehead atoms. The number of benzene rings is 2. The fourth-order valence-electron chi connectivity index (χ4n) is 3.42. The minimum Gasteiger partial charge on any atom is -0.371 e. The van der Waals surface area contributed by atoms with E-state index in [1.807, 2.05) is 36.5 Å². The Morgan fingerprint density at radius 2 is 2.04 bits per heavy atom. The number of amides is 1. The third kappa shape index (κ3) is 3.47. The molecule has 0 atom stereocenters. The molecule has 132 valence electrons. The Kier molecular flexibility index (Phi) is 4.69. The molecular weight excluding hydrogens is 324 g/mol. The molecule has 0 unspecified atom stereocenters. The number of anilines is 1. The molecule has 1 N–H and O–H groups in total. The summed E-state index contributed by atoms with van der Waals surface area (Å²) >= 11 is 0. The highest BCUT2D eigenvalue weighted by molar-refractivity contribution is 5.94. The average Bonchev–Trinajstić information content (AvgIpc) is 3.35. The largest absolute Gasteiger partial charge is 0.371 e. The van der Waals surface area contributed by atoms with Crippen molar-refractivity contribution in [2.24, 2.45) is 0 Å². The van der Waals surface area contributed by atoms with E-state index in [1.165, 1.54) is 11.3 Å². The van der Waals surface area contributed by atoms with E-state index < -0.39 is 0 Å². The van der Waals surface area contributed by atoms with Gasteiger partial charge in [0.1, 0.15) is 0 Å². The quantitative estimate of drug-likeness (QED) is 0.698. The number of para-hydroxylation sites is 1. The topological polar surface area (TPSA) is 50.2 Å². The lowest BCUT2D eigenvalue weighted by Crippen LogP contribution is -2.29. The third-order valence-electron chi connectivity index (χ3n) is 4.75. The van der Waals surface area contributed by atoms with E-state index in [4.69, 9.17) is 0 Å². The second kappa shape index (κ2) is 7.44. The van der Waals surface area contributed by atoms with Crippen LogP contribution in [-0.4, -0.2) is 35.3 Å². The zero-order valence-electron chi connectivity index (χ0n) is 14.6. The van der Waals surface area contributed by atoms with Crippen LogP contribution in [-0.2, 0) is 6.42 Å². The van der Waals surface area contributed by atoms with Crippen LogP contribution in [0.3, 0.4) is 0 Å². The normalized spacial score (nSPS) is 12.8. The highest BCUT2D eigenvalue weighted by Gasteiger charge is 2.17. The van der Waals surface area contributed by atoms with Gasteiger partial charge in [0.15, 0.2) is 0 Å². The molecule has 0 saturated carbocycles. The van der Waals surface area contributed by atoms with Gasteiger partial charge in [0, 0.05) is 43.3 Å². The van der Waals surface area contributed by atoms with Gasteiger partial charge in [-0.25, -0.2) is 4.68 Å². The van der Waals surface area contributed by atoms with E-state index in [2.05, 4.69) is 39.6 Å². The summed E-state index contributed by atoms with van der Waals surface area (Å²) in [4.78, 5) is 14.8. The maximum absolute atomic E-state index is 12.4. The maximum Gasteiger partial charge on any atom is 0.251 e. The van der Waals surface area contributed by atoms with Gasteiger partial charge in [-0.3, -0.25) is 4.79 Å². The van der Waals surface area contributed by atoms with Crippen LogP contribution in [0, 0.1) is 0 Å². The van der Waals surface area contributed by atoms with Crippen LogP contribution in [0.2, 0.25) is 0 Å². The van der Waals surface area contributed by atoms with Crippen molar-refractivity contribution < 1.29 is 4.79 Å². The highest BCUT2D eigenvalue weighted by Crippen LogP contribution is 2.27. The number of hydrogen-bond acceptors (Lipinski definition) is 3. The van der Waals surface area contributed by atoms with Crippen LogP contribution in [0.4, 0.5) is 5.69 Å². The van der Waals surface area contributed by atoms with Crippen LogP contribution in [0.25, 0.3) is 5.69 Å². The third-order valence-corrected chi connectivity index (χ3v) is 4.75. The molecule has 0 radical (unpaired) electrons. The molecule has 4 rings (SSSR count). The Morgan fingerprint density at radius 1 is 1.12 bits per heavy atom. The Balaban J connectivity index is 1.29. The minimum absolute atomic E-state index is 0.0409. The lowest BCUT2D eigenvalue weighted by molar-refractivity contribution is 0.0953. The van der Waals surface area contributed by atoms with Crippen molar-refractivity contribution in [2.75, 3.05) is 24.5 Å². The summed E-state index contributed by atoms with van der Waals surface area (Å²) in [5.41, 5.74) is 4.30. The van der Waals surface area contributed by atoms with E-state index in [-0.39, 0.29) is 5.91 Å². The van der Waals surface area contributed by atoms with E-state index >= 15 is 0 Å². The van der Waals surface area contributed by atoms with Crippen LogP contribution < -0.4 is 10.2 Å². The average molecular weight is 346 g/mol. The molecule has 5 nitrogen and oxygen atoms in total. The zero-order chi connectivity index (χ0) is 17.8. The molecule has 0 spiro atoms. The fraction of sp³-hybridized carbons (Fsp3) is 0.238. The van der Waals surface area contributed by atoms with E-state index in [9.17, 15) is 4.79 Å². The molecule has 26 heavy (non-hydrogen) atoms. The molecule has 1 aromatic heterocycles. The van der Waals surface area contributed by atoms with E-state index in [0.717, 1.165) is 31.6 Å². The molecule has 2 aromatic carbocycles. The molecule has 0 saturated heterocycles. The number of hydrogen-bond donors (Lipinski definition) is 1. The predicted octanol–water partition coefficient (Wildman–Crippen LogP) is 3.05. The smallest absolute Gasteiger partial charge is 0.251 e. The van der Waals surface area contributed by atoms with Gasteiger partial charge in [-0.1, -0.05) is 24.3 Å². The Bertz CT molecular complexity index is 889. The zero-order valence-corrected chi connectivity index (χ0v) is 14.6. The van der Waals surface area contributed by atoms with Crippen LogP contribution in [0.5, 0.6) is 0 Å². The van der Waals surface area contributed by atoms with E-state index in [1.54, 1.807) is 10.9 Å². The van der Waals surface area contributed by atoms with Gasteiger partial charge in [-0.15, -0.1) is 0 Å². The van der Waals surface area contributed by atoms with Crippen molar-refractivity contribution in [1.29, 1.82) is 0 Å². The van der Waals surface area contributed by atoms with Gasteiger partial charge in [0.2, 0.25) is 0 Å². The lowest BCUT2D eigenvalue weighted by Gasteiger charge is -2.19. The second-order valence-electron chi connectivity index (χ2n) is 6.48. The SMILES string of the molecule is O=C(NCCCN1CCc2ccccc21)c1cccc(-n2cccn2)c1. The monoisotopic (exact) mass is 346 g/mol. The highest BCUT2D eigenvalue weighted by atomic mass is 16.1. The Morgan fingerprint density at radius 3 is 2.92 bits per heavy atom. The molecule has 2 heterocycles. The summed E-state index contributed by atoms with van der Waals surface area (Å²) in [6.07, 6.45) is 5.63. The fourth-order valence-corrected chi connectivity index (χ4v) is 3.42. The van der Waals surface area contributed by atoms with Crippen molar-refractivity contribution in [1.82, 2.24) is 15.1 Å². The van der Waals surface area contributed by atoms with Gasteiger partial charge in [-0.2, -0.15) is 5.10 Å². The van der Waals surface area contributed by atoms with Crippen molar-refractivity contribution >= 4 is 11.6 Å². The van der Waals surface area contributed by atoms with E-state index in [0.29, 0.717) is 12.1 Å². The number of nitrogens with one attached hydrogen (secondary N) is 1. The summed E-state index contributed by atoms with van der Waals surface area (Å²) in [6, 6.07) is 17.9. The number of fused-ring (bicyclic) bond motifs is 1. The number of aromatic nitrogens is 2. The van der Waals surface area contributed by atoms with Crippen LogP contribution in [0.15, 0.2) is 67.0 Å². The van der Waals surface area contributed by atoms with Gasteiger partial charge >= 0.3 is 0 Å². The summed E-state index contributed by atoms with van der Waals surface area (Å²) in [7, 11) is 0. The van der Waals surface area contributed by atoms with Crippen LogP contribution >= 0.6 is 0 Å². The predicted molar refractivity (Wildman–Crippen MR) is 103 cm³/mol. The first-order valence-electron chi connectivity index (χ1n) is 9.02. The molecular formula is C21H22N4O. The van der Waals surface area contributed by atoms with Gasteiger partial charge in [0.05, 0.1) is 5.69 Å². The van der Waals surface area contributed by atoms with Gasteiger partial charge < -0.3 is 10.2 Å². The maximum atomic E-state index is 12.4.